The molecule has 0 spiro atoms. The Labute approximate surface area is 124 Å². The third-order valence-corrected chi connectivity index (χ3v) is 3.19. The average molecular weight is 314 g/mol. The van der Waals surface area contributed by atoms with E-state index in [1.165, 1.54) is 24.4 Å². The molecule has 0 saturated carbocycles. The van der Waals surface area contributed by atoms with Gasteiger partial charge in [0, 0.05) is 18.2 Å². The highest BCUT2D eigenvalue weighted by Gasteiger charge is 2.29. The minimum Gasteiger partial charge on any atom is -0.294 e. The molecule has 2 aromatic rings. The average Bonchev–Trinajstić information content (AvgIpc) is 2.45. The Hall–Kier alpha value is -1.88. The lowest BCUT2D eigenvalue weighted by molar-refractivity contribution is -0.137. The van der Waals surface area contributed by atoms with Crippen molar-refractivity contribution in [2.45, 2.75) is 19.0 Å². The highest BCUT2D eigenvalue weighted by Crippen LogP contribution is 2.29. The fraction of sp³-hybridized carbons (Fsp3) is 0.200. The Bertz CT molecular complexity index is 621. The molecule has 0 unspecified atom stereocenters. The number of halogens is 4. The summed E-state index contributed by atoms with van der Waals surface area (Å²) in [6.07, 6.45) is -2.38. The number of carbonyl (C=O) groups is 1. The van der Waals surface area contributed by atoms with Crippen LogP contribution in [0.15, 0.2) is 42.6 Å². The first kappa shape index (κ1) is 15.5. The number of rotatable bonds is 4. The minimum atomic E-state index is -4.34. The fourth-order valence-corrected chi connectivity index (χ4v) is 1.92. The minimum absolute atomic E-state index is 0.126. The summed E-state index contributed by atoms with van der Waals surface area (Å²) in [5.41, 5.74) is 0.420. The molecule has 0 saturated heterocycles. The van der Waals surface area contributed by atoms with Crippen LogP contribution < -0.4 is 0 Å². The van der Waals surface area contributed by atoms with E-state index in [-0.39, 0.29) is 12.2 Å². The van der Waals surface area contributed by atoms with Gasteiger partial charge in [-0.3, -0.25) is 4.79 Å². The Morgan fingerprint density at radius 3 is 2.29 bits per heavy atom. The van der Waals surface area contributed by atoms with Crippen LogP contribution in [0, 0.1) is 0 Å². The maximum Gasteiger partial charge on any atom is 0.416 e. The largest absolute Gasteiger partial charge is 0.416 e. The molecule has 0 fully saturated rings. The molecular formula is C15H11ClF3NO. The second-order valence-electron chi connectivity index (χ2n) is 4.49. The number of hydrogen-bond donors (Lipinski definition) is 0. The normalized spacial score (nSPS) is 11.4. The van der Waals surface area contributed by atoms with Gasteiger partial charge in [-0.05, 0) is 36.2 Å². The van der Waals surface area contributed by atoms with Gasteiger partial charge < -0.3 is 0 Å². The van der Waals surface area contributed by atoms with Crippen molar-refractivity contribution < 1.29 is 18.0 Å². The maximum absolute atomic E-state index is 12.4. The van der Waals surface area contributed by atoms with Gasteiger partial charge in [0.25, 0.3) is 0 Å². The molecule has 0 bridgehead atoms. The summed E-state index contributed by atoms with van der Waals surface area (Å²) in [6, 6.07) is 7.90. The first-order valence-electron chi connectivity index (χ1n) is 6.17. The number of benzene rings is 1. The van der Waals surface area contributed by atoms with E-state index in [0.29, 0.717) is 22.7 Å². The van der Waals surface area contributed by atoms with Crippen LogP contribution in [0.1, 0.15) is 27.9 Å². The van der Waals surface area contributed by atoms with Crippen molar-refractivity contribution >= 4 is 17.4 Å². The Kier molecular flexibility index (Phi) is 4.63. The Balaban J connectivity index is 1.97. The molecule has 21 heavy (non-hydrogen) atoms. The van der Waals surface area contributed by atoms with Gasteiger partial charge >= 0.3 is 6.18 Å². The van der Waals surface area contributed by atoms with Gasteiger partial charge in [-0.15, -0.1) is 0 Å². The van der Waals surface area contributed by atoms with Gasteiger partial charge in [0.15, 0.2) is 5.78 Å². The van der Waals surface area contributed by atoms with Crippen LogP contribution in [0.4, 0.5) is 13.2 Å². The molecule has 6 heteroatoms. The lowest BCUT2D eigenvalue weighted by atomic mass is 10.0. The van der Waals surface area contributed by atoms with Gasteiger partial charge in [-0.1, -0.05) is 23.7 Å². The van der Waals surface area contributed by atoms with Crippen LogP contribution in [-0.4, -0.2) is 10.8 Å². The quantitative estimate of drug-likeness (QED) is 0.611. The summed E-state index contributed by atoms with van der Waals surface area (Å²) in [5.74, 6) is -0.126. The first-order chi connectivity index (χ1) is 9.86. The van der Waals surface area contributed by atoms with Crippen molar-refractivity contribution in [3.05, 3.63) is 64.4 Å². The van der Waals surface area contributed by atoms with Crippen LogP contribution in [0.2, 0.25) is 5.15 Å². The van der Waals surface area contributed by atoms with E-state index in [1.54, 1.807) is 6.07 Å². The van der Waals surface area contributed by atoms with E-state index < -0.39 is 11.7 Å². The van der Waals surface area contributed by atoms with Crippen LogP contribution in [-0.2, 0) is 12.6 Å². The van der Waals surface area contributed by atoms with Crippen molar-refractivity contribution in [3.8, 4) is 0 Å². The standard InChI is InChI=1S/C15H11ClF3NO/c16-14-8-4-11(9-20-14)13(21)7-3-10-1-5-12(6-2-10)15(17,18)19/h1-2,4-6,8-9H,3,7H2. The lowest BCUT2D eigenvalue weighted by Gasteiger charge is -2.07. The van der Waals surface area contributed by atoms with Gasteiger partial charge in [-0.25, -0.2) is 4.98 Å². The van der Waals surface area contributed by atoms with Crippen LogP contribution in [0.3, 0.4) is 0 Å². The number of alkyl halides is 3. The van der Waals surface area contributed by atoms with E-state index in [0.717, 1.165) is 12.1 Å². The number of ketones is 1. The number of Topliss-reactive ketones (excluding diaryl/α,β-unsaturated/α-hetero) is 1. The molecule has 1 aromatic heterocycles. The van der Waals surface area contributed by atoms with E-state index in [2.05, 4.69) is 4.98 Å². The Morgan fingerprint density at radius 2 is 1.76 bits per heavy atom. The van der Waals surface area contributed by atoms with Crippen molar-refractivity contribution in [1.82, 2.24) is 4.98 Å². The molecule has 2 nitrogen and oxygen atoms in total. The molecule has 1 heterocycles. The summed E-state index contributed by atoms with van der Waals surface area (Å²) < 4.78 is 37.2. The molecular weight excluding hydrogens is 303 g/mol. The van der Waals surface area contributed by atoms with Gasteiger partial charge in [0.2, 0.25) is 0 Å². The van der Waals surface area contributed by atoms with E-state index in [4.69, 9.17) is 11.6 Å². The predicted molar refractivity (Wildman–Crippen MR) is 73.3 cm³/mol. The second-order valence-corrected chi connectivity index (χ2v) is 4.87. The van der Waals surface area contributed by atoms with Gasteiger partial charge in [-0.2, -0.15) is 13.2 Å². The molecule has 0 aliphatic heterocycles. The molecule has 0 amide bonds. The lowest BCUT2D eigenvalue weighted by Crippen LogP contribution is -2.05. The van der Waals surface area contributed by atoms with Crippen LogP contribution >= 0.6 is 11.6 Å². The predicted octanol–water partition coefficient (Wildman–Crippen LogP) is 4.57. The molecule has 0 radical (unpaired) electrons. The highest BCUT2D eigenvalue weighted by atomic mass is 35.5. The van der Waals surface area contributed by atoms with E-state index in [9.17, 15) is 18.0 Å². The summed E-state index contributed by atoms with van der Waals surface area (Å²) in [4.78, 5) is 15.7. The molecule has 2 rings (SSSR count). The third-order valence-electron chi connectivity index (χ3n) is 2.97. The number of nitrogens with zero attached hydrogens (tertiary/aromatic N) is 1. The molecule has 0 atom stereocenters. The summed E-state index contributed by atoms with van der Waals surface area (Å²) in [5, 5.41) is 0.300. The summed E-state index contributed by atoms with van der Waals surface area (Å²) >= 11 is 5.63. The van der Waals surface area contributed by atoms with Gasteiger partial charge in [0.05, 0.1) is 5.56 Å². The zero-order chi connectivity index (χ0) is 15.5. The monoisotopic (exact) mass is 313 g/mol. The first-order valence-corrected chi connectivity index (χ1v) is 6.55. The molecule has 0 aliphatic carbocycles. The molecule has 0 aliphatic rings. The summed E-state index contributed by atoms with van der Waals surface area (Å²) in [6.45, 7) is 0. The smallest absolute Gasteiger partial charge is 0.294 e. The SMILES string of the molecule is O=C(CCc1ccc(C(F)(F)F)cc1)c1ccc(Cl)nc1. The topological polar surface area (TPSA) is 30.0 Å². The number of aromatic nitrogens is 1. The van der Waals surface area contributed by atoms with Crippen molar-refractivity contribution in [3.63, 3.8) is 0 Å². The van der Waals surface area contributed by atoms with Gasteiger partial charge in [0.1, 0.15) is 5.15 Å². The van der Waals surface area contributed by atoms with Crippen molar-refractivity contribution in [2.75, 3.05) is 0 Å². The molecule has 0 N–H and O–H groups in total. The molecule has 1 aromatic carbocycles. The Morgan fingerprint density at radius 1 is 1.10 bits per heavy atom. The van der Waals surface area contributed by atoms with Crippen molar-refractivity contribution in [2.24, 2.45) is 0 Å². The van der Waals surface area contributed by atoms with Crippen molar-refractivity contribution in [1.29, 1.82) is 0 Å². The maximum atomic E-state index is 12.4. The zero-order valence-electron chi connectivity index (χ0n) is 10.8. The van der Waals surface area contributed by atoms with E-state index in [1.807, 2.05) is 0 Å². The number of hydrogen-bond acceptors (Lipinski definition) is 2. The number of pyridine rings is 1. The number of carbonyl (C=O) groups excluding carboxylic acids is 1. The summed E-state index contributed by atoms with van der Waals surface area (Å²) in [7, 11) is 0. The second kappa shape index (κ2) is 6.26. The highest BCUT2D eigenvalue weighted by molar-refractivity contribution is 6.29. The molecule has 110 valence electrons. The fourth-order valence-electron chi connectivity index (χ4n) is 1.80. The third kappa shape index (κ3) is 4.29. The van der Waals surface area contributed by atoms with E-state index >= 15 is 0 Å². The zero-order valence-corrected chi connectivity index (χ0v) is 11.6. The van der Waals surface area contributed by atoms with Crippen LogP contribution in [0.25, 0.3) is 0 Å². The number of aryl methyl sites for hydroxylation is 1. The van der Waals surface area contributed by atoms with Crippen LogP contribution in [0.5, 0.6) is 0 Å².